The summed E-state index contributed by atoms with van der Waals surface area (Å²) in [4.78, 5) is 40.1. The summed E-state index contributed by atoms with van der Waals surface area (Å²) in [6, 6.07) is 7.71. The number of hydrogen-bond donors (Lipinski definition) is 4. The molecule has 2 aromatic carbocycles. The third-order valence-electron chi connectivity index (χ3n) is 4.75. The van der Waals surface area contributed by atoms with E-state index in [1.807, 2.05) is 0 Å². The number of urea groups is 1. The fourth-order valence-electron chi connectivity index (χ4n) is 3.15. The minimum atomic E-state index is -4.28. The van der Waals surface area contributed by atoms with Gasteiger partial charge < -0.3 is 15.6 Å². The van der Waals surface area contributed by atoms with Crippen LogP contribution in [0.15, 0.2) is 56.3 Å². The Hall–Kier alpha value is -3.39. The number of hydrogen-bond acceptors (Lipinski definition) is 7. The maximum Gasteiger partial charge on any atom is 0.333 e. The van der Waals surface area contributed by atoms with E-state index in [-0.39, 0.29) is 35.8 Å². The zero-order valence-corrected chi connectivity index (χ0v) is 20.6. The molecule has 0 spiro atoms. The van der Waals surface area contributed by atoms with E-state index in [1.165, 1.54) is 12.1 Å². The summed E-state index contributed by atoms with van der Waals surface area (Å²) in [7, 11) is -2.61. The maximum absolute atomic E-state index is 14.9. The van der Waals surface area contributed by atoms with Crippen LogP contribution in [0.1, 0.15) is 0 Å². The van der Waals surface area contributed by atoms with Crippen molar-refractivity contribution in [2.24, 2.45) is 0 Å². The Labute approximate surface area is 210 Å². The van der Waals surface area contributed by atoms with E-state index in [2.05, 4.69) is 15.6 Å². The second-order valence-corrected chi connectivity index (χ2v) is 11.0. The number of halogens is 3. The fraction of sp³-hybridized carbons (Fsp3) is 0.0500. The van der Waals surface area contributed by atoms with Crippen LogP contribution < -0.4 is 26.6 Å². The molecule has 0 aliphatic carbocycles. The van der Waals surface area contributed by atoms with Crippen molar-refractivity contribution in [1.82, 2.24) is 14.3 Å². The lowest BCUT2D eigenvalue weighted by Gasteiger charge is -2.11. The number of aromatic nitrogens is 2. The van der Waals surface area contributed by atoms with Gasteiger partial charge in [-0.2, -0.15) is 0 Å². The Bertz CT molecular complexity index is 1700. The molecule has 0 unspecified atom stereocenters. The lowest BCUT2D eigenvalue weighted by Crippen LogP contribution is -2.35. The number of thiophene rings is 1. The van der Waals surface area contributed by atoms with Gasteiger partial charge in [-0.05, 0) is 42.5 Å². The quantitative estimate of drug-likeness (QED) is 0.294. The van der Waals surface area contributed by atoms with Gasteiger partial charge in [-0.25, -0.2) is 31.7 Å². The number of nitrogens with one attached hydrogen (secondary N) is 4. The number of fused-ring (bicyclic) bond motifs is 1. The number of anilines is 2. The van der Waals surface area contributed by atoms with E-state index in [4.69, 9.17) is 23.2 Å². The van der Waals surface area contributed by atoms with Crippen molar-refractivity contribution in [3.05, 3.63) is 78.5 Å². The van der Waals surface area contributed by atoms with Crippen LogP contribution in [-0.2, 0) is 10.0 Å². The van der Waals surface area contributed by atoms with E-state index in [1.54, 1.807) is 23.9 Å². The van der Waals surface area contributed by atoms with Gasteiger partial charge in [0.25, 0.3) is 15.6 Å². The van der Waals surface area contributed by atoms with Gasteiger partial charge in [-0.1, -0.05) is 23.2 Å². The average molecular weight is 558 g/mol. The molecule has 0 aliphatic heterocycles. The maximum atomic E-state index is 14.9. The highest BCUT2D eigenvalue weighted by molar-refractivity contribution is 7.92. The number of nitrogens with zero attached hydrogens (tertiary/aromatic N) is 1. The number of sulfonamides is 1. The molecule has 15 heteroatoms. The number of carbonyl (C=O) groups is 1. The molecule has 0 aliphatic rings. The van der Waals surface area contributed by atoms with Crippen LogP contribution >= 0.6 is 34.5 Å². The summed E-state index contributed by atoms with van der Waals surface area (Å²) in [5, 5.41) is 5.22. The molecule has 2 aromatic heterocycles. The highest BCUT2D eigenvalue weighted by Gasteiger charge is 2.22. The zero-order chi connectivity index (χ0) is 25.5. The van der Waals surface area contributed by atoms with Crippen molar-refractivity contribution in [3.63, 3.8) is 0 Å². The molecule has 10 nitrogen and oxygen atoms in total. The van der Waals surface area contributed by atoms with E-state index in [9.17, 15) is 27.2 Å². The van der Waals surface area contributed by atoms with Crippen molar-refractivity contribution in [2.45, 2.75) is 4.21 Å². The minimum absolute atomic E-state index is 0.0106. The summed E-state index contributed by atoms with van der Waals surface area (Å²) >= 11 is 12.1. The van der Waals surface area contributed by atoms with Crippen molar-refractivity contribution < 1.29 is 17.6 Å². The summed E-state index contributed by atoms with van der Waals surface area (Å²) in [6.07, 6.45) is 0. The molecule has 2 heterocycles. The zero-order valence-electron chi connectivity index (χ0n) is 17.5. The SMILES string of the molecule is CNc1ccc2c(=O)n(-c3ccc(NC(=O)NS(=O)(=O)c4cc(Cl)c(Cl)s4)cc3F)c(=O)[nH]c2c1. The predicted octanol–water partition coefficient (Wildman–Crippen LogP) is 3.74. The lowest BCUT2D eigenvalue weighted by atomic mass is 10.2. The Morgan fingerprint density at radius 3 is 2.43 bits per heavy atom. The summed E-state index contributed by atoms with van der Waals surface area (Å²) < 4.78 is 41.6. The second kappa shape index (κ2) is 9.34. The highest BCUT2D eigenvalue weighted by atomic mass is 35.5. The monoisotopic (exact) mass is 557 g/mol. The molecule has 182 valence electrons. The van der Waals surface area contributed by atoms with Crippen LogP contribution in [0.5, 0.6) is 0 Å². The highest BCUT2D eigenvalue weighted by Crippen LogP contribution is 2.34. The van der Waals surface area contributed by atoms with Gasteiger partial charge >= 0.3 is 11.7 Å². The van der Waals surface area contributed by atoms with E-state index < -0.39 is 33.1 Å². The molecular weight excluding hydrogens is 544 g/mol. The summed E-state index contributed by atoms with van der Waals surface area (Å²) in [6.45, 7) is 0. The van der Waals surface area contributed by atoms with Crippen molar-refractivity contribution in [1.29, 1.82) is 0 Å². The van der Waals surface area contributed by atoms with Crippen LogP contribution in [0.2, 0.25) is 9.36 Å². The van der Waals surface area contributed by atoms with E-state index in [0.29, 0.717) is 21.6 Å². The van der Waals surface area contributed by atoms with Crippen LogP contribution in [0, 0.1) is 5.82 Å². The first-order valence-electron chi connectivity index (χ1n) is 9.55. The van der Waals surface area contributed by atoms with Gasteiger partial charge in [-0.3, -0.25) is 4.79 Å². The Morgan fingerprint density at radius 2 is 1.80 bits per heavy atom. The van der Waals surface area contributed by atoms with Gasteiger partial charge in [-0.15, -0.1) is 11.3 Å². The molecule has 0 radical (unpaired) electrons. The number of amides is 2. The Balaban J connectivity index is 1.61. The largest absolute Gasteiger partial charge is 0.388 e. The van der Waals surface area contributed by atoms with Crippen molar-refractivity contribution in [3.8, 4) is 5.69 Å². The third-order valence-corrected chi connectivity index (χ3v) is 8.42. The van der Waals surface area contributed by atoms with Gasteiger partial charge in [0.1, 0.15) is 14.4 Å². The van der Waals surface area contributed by atoms with Crippen LogP contribution in [0.3, 0.4) is 0 Å². The Kier molecular flexibility index (Phi) is 6.60. The molecule has 0 saturated heterocycles. The molecule has 0 saturated carbocycles. The van der Waals surface area contributed by atoms with Gasteiger partial charge in [0, 0.05) is 18.4 Å². The molecule has 4 aromatic rings. The van der Waals surface area contributed by atoms with Crippen molar-refractivity contribution in [2.75, 3.05) is 17.7 Å². The smallest absolute Gasteiger partial charge is 0.333 e. The minimum Gasteiger partial charge on any atom is -0.388 e. The van der Waals surface area contributed by atoms with Crippen molar-refractivity contribution >= 4 is 72.9 Å². The van der Waals surface area contributed by atoms with Gasteiger partial charge in [0.15, 0.2) is 0 Å². The molecule has 0 bridgehead atoms. The molecule has 4 rings (SSSR count). The number of H-pyrrole nitrogens is 1. The first kappa shape index (κ1) is 24.7. The Morgan fingerprint density at radius 1 is 1.09 bits per heavy atom. The van der Waals surface area contributed by atoms with Gasteiger partial charge in [0.2, 0.25) is 0 Å². The molecule has 0 fully saturated rings. The molecule has 4 N–H and O–H groups in total. The first-order valence-corrected chi connectivity index (χ1v) is 12.6. The summed E-state index contributed by atoms with van der Waals surface area (Å²) in [5.74, 6) is -1.01. The number of rotatable bonds is 5. The number of aromatic amines is 1. The summed E-state index contributed by atoms with van der Waals surface area (Å²) in [5.41, 5.74) is -1.18. The number of benzene rings is 2. The second-order valence-electron chi connectivity index (χ2n) is 6.99. The van der Waals surface area contributed by atoms with Crippen LogP contribution in [0.25, 0.3) is 16.6 Å². The topological polar surface area (TPSA) is 142 Å². The average Bonchev–Trinajstić information content (AvgIpc) is 3.13. The predicted molar refractivity (Wildman–Crippen MR) is 133 cm³/mol. The fourth-order valence-corrected chi connectivity index (χ4v) is 5.93. The van der Waals surface area contributed by atoms with E-state index >= 15 is 0 Å². The van der Waals surface area contributed by atoms with Gasteiger partial charge in [0.05, 0.1) is 21.6 Å². The molecular formula is C20H14Cl2FN5O5S2. The molecule has 35 heavy (non-hydrogen) atoms. The van der Waals surface area contributed by atoms with Crippen LogP contribution in [0.4, 0.5) is 20.6 Å². The number of carbonyl (C=O) groups excluding carboxylic acids is 1. The normalized spacial score (nSPS) is 11.4. The van der Waals surface area contributed by atoms with Crippen LogP contribution in [-0.4, -0.2) is 31.0 Å². The lowest BCUT2D eigenvalue weighted by molar-refractivity contribution is 0.256. The first-order chi connectivity index (χ1) is 16.5. The van der Waals surface area contributed by atoms with E-state index in [0.717, 1.165) is 18.2 Å². The standard InChI is InChI=1S/C20H14Cl2FN5O5S2/c1-24-9-2-4-11-14(7-9)26-20(31)28(18(11)29)15-5-3-10(6-13(15)23)25-19(30)27-35(32,33)16-8-12(21)17(22)34-16/h2-8,24H,1H3,(H,26,31)(H2,25,27,30). The molecule has 2 amide bonds. The third kappa shape index (κ3) is 4.89. The molecule has 0 atom stereocenters.